The lowest BCUT2D eigenvalue weighted by Gasteiger charge is -2.18. The average Bonchev–Trinajstić information content (AvgIpc) is 2.53. The molecule has 0 spiro atoms. The molecule has 0 bridgehead atoms. The molecule has 0 fully saturated rings. The molecule has 6 heteroatoms. The third-order valence-electron chi connectivity index (χ3n) is 3.20. The summed E-state index contributed by atoms with van der Waals surface area (Å²) in [5, 5.41) is 6.59. The number of hydrogen-bond donors (Lipinski definition) is 2. The zero-order valence-electron chi connectivity index (χ0n) is 13.5. The summed E-state index contributed by atoms with van der Waals surface area (Å²) < 4.78 is 4.61. The number of esters is 1. The number of hydrogen-bond acceptors (Lipinski definition) is 3. The molecule has 0 amide bonds. The highest BCUT2D eigenvalue weighted by Crippen LogP contribution is 2.10. The quantitative estimate of drug-likeness (QED) is 0.235. The SMILES string of the molecule is CN=C(NCCCCC(=O)OC)NC(C)c1ccccc1.I. The van der Waals surface area contributed by atoms with Gasteiger partial charge in [-0.3, -0.25) is 9.79 Å². The maximum atomic E-state index is 11.0. The summed E-state index contributed by atoms with van der Waals surface area (Å²) in [4.78, 5) is 15.2. The van der Waals surface area contributed by atoms with Crippen LogP contribution in [0.1, 0.15) is 37.8 Å². The van der Waals surface area contributed by atoms with Crippen LogP contribution in [-0.2, 0) is 9.53 Å². The van der Waals surface area contributed by atoms with Crippen LogP contribution in [-0.4, -0.2) is 32.6 Å². The molecular weight excluding hydrogens is 393 g/mol. The Morgan fingerprint density at radius 3 is 2.55 bits per heavy atom. The Balaban J connectivity index is 0.00000441. The Bertz CT molecular complexity index is 452. The number of halogens is 1. The third-order valence-corrected chi connectivity index (χ3v) is 3.20. The molecule has 0 aliphatic rings. The second-order valence-electron chi connectivity index (χ2n) is 4.81. The summed E-state index contributed by atoms with van der Waals surface area (Å²) in [7, 11) is 3.17. The van der Waals surface area contributed by atoms with Crippen LogP contribution in [0.5, 0.6) is 0 Å². The second kappa shape index (κ2) is 12.3. The topological polar surface area (TPSA) is 62.7 Å². The van der Waals surface area contributed by atoms with Crippen molar-refractivity contribution in [1.82, 2.24) is 10.6 Å². The van der Waals surface area contributed by atoms with E-state index in [1.54, 1.807) is 7.05 Å². The molecule has 0 saturated heterocycles. The summed E-state index contributed by atoms with van der Waals surface area (Å²) in [6.07, 6.45) is 2.17. The van der Waals surface area contributed by atoms with E-state index >= 15 is 0 Å². The number of methoxy groups -OCH3 is 1. The van der Waals surface area contributed by atoms with Gasteiger partial charge in [0.1, 0.15) is 0 Å². The summed E-state index contributed by atoms with van der Waals surface area (Å²) in [5.41, 5.74) is 1.21. The van der Waals surface area contributed by atoms with E-state index in [-0.39, 0.29) is 36.0 Å². The van der Waals surface area contributed by atoms with Gasteiger partial charge in [0.2, 0.25) is 0 Å². The van der Waals surface area contributed by atoms with Gasteiger partial charge in [-0.15, -0.1) is 24.0 Å². The first-order valence-electron chi connectivity index (χ1n) is 7.26. The molecule has 1 atom stereocenters. The molecule has 124 valence electrons. The number of carbonyl (C=O) groups excluding carboxylic acids is 1. The highest BCUT2D eigenvalue weighted by Gasteiger charge is 2.06. The smallest absolute Gasteiger partial charge is 0.305 e. The number of ether oxygens (including phenoxy) is 1. The fourth-order valence-corrected chi connectivity index (χ4v) is 1.93. The molecule has 5 nitrogen and oxygen atoms in total. The fraction of sp³-hybridized carbons (Fsp3) is 0.500. The largest absolute Gasteiger partial charge is 0.469 e. The van der Waals surface area contributed by atoms with Gasteiger partial charge in [0.05, 0.1) is 13.2 Å². The predicted octanol–water partition coefficient (Wildman–Crippen LogP) is 2.87. The molecular formula is C16H26IN3O2. The van der Waals surface area contributed by atoms with Crippen molar-refractivity contribution in [1.29, 1.82) is 0 Å². The van der Waals surface area contributed by atoms with Gasteiger partial charge >= 0.3 is 5.97 Å². The average molecular weight is 419 g/mol. The Morgan fingerprint density at radius 1 is 1.27 bits per heavy atom. The van der Waals surface area contributed by atoms with Crippen molar-refractivity contribution >= 4 is 35.9 Å². The highest BCUT2D eigenvalue weighted by atomic mass is 127. The normalized spacial score (nSPS) is 12.0. The molecule has 2 N–H and O–H groups in total. The van der Waals surface area contributed by atoms with Crippen molar-refractivity contribution in [3.05, 3.63) is 35.9 Å². The Labute approximate surface area is 149 Å². The van der Waals surface area contributed by atoms with E-state index in [2.05, 4.69) is 39.4 Å². The van der Waals surface area contributed by atoms with Crippen LogP contribution in [0.25, 0.3) is 0 Å². The highest BCUT2D eigenvalue weighted by molar-refractivity contribution is 14.0. The number of nitrogens with one attached hydrogen (secondary N) is 2. The van der Waals surface area contributed by atoms with Gasteiger partial charge in [0, 0.05) is 20.0 Å². The van der Waals surface area contributed by atoms with E-state index in [0.717, 1.165) is 25.3 Å². The van der Waals surface area contributed by atoms with E-state index in [4.69, 9.17) is 0 Å². The molecule has 1 aromatic carbocycles. The number of benzene rings is 1. The maximum absolute atomic E-state index is 11.0. The van der Waals surface area contributed by atoms with Crippen molar-refractivity contribution in [2.45, 2.75) is 32.2 Å². The number of unbranched alkanes of at least 4 members (excludes halogenated alkanes) is 1. The molecule has 0 aromatic heterocycles. The molecule has 1 unspecified atom stereocenters. The number of guanidine groups is 1. The summed E-state index contributed by atoms with van der Waals surface area (Å²) in [6.45, 7) is 2.87. The van der Waals surface area contributed by atoms with Crippen LogP contribution < -0.4 is 10.6 Å². The first kappa shape index (κ1) is 20.7. The lowest BCUT2D eigenvalue weighted by Crippen LogP contribution is -2.39. The van der Waals surface area contributed by atoms with Gasteiger partial charge in [-0.05, 0) is 25.3 Å². The van der Waals surface area contributed by atoms with Crippen molar-refractivity contribution in [2.75, 3.05) is 20.7 Å². The summed E-state index contributed by atoms with van der Waals surface area (Å²) in [6, 6.07) is 10.4. The first-order valence-corrected chi connectivity index (χ1v) is 7.26. The van der Waals surface area contributed by atoms with Gasteiger partial charge in [-0.1, -0.05) is 30.3 Å². The fourth-order valence-electron chi connectivity index (χ4n) is 1.93. The standard InChI is InChI=1S/C16H25N3O2.HI/c1-13(14-9-5-4-6-10-14)19-16(17-2)18-12-8-7-11-15(20)21-3;/h4-6,9-10,13H,7-8,11-12H2,1-3H3,(H2,17,18,19);1H. The summed E-state index contributed by atoms with van der Waals surface area (Å²) in [5.74, 6) is 0.611. The number of nitrogens with zero attached hydrogens (tertiary/aromatic N) is 1. The zero-order chi connectivity index (χ0) is 15.5. The predicted molar refractivity (Wildman–Crippen MR) is 101 cm³/mol. The minimum atomic E-state index is -0.157. The van der Waals surface area contributed by atoms with Crippen molar-refractivity contribution in [2.24, 2.45) is 4.99 Å². The molecule has 1 rings (SSSR count). The Kier molecular flexibility index (Phi) is 11.5. The van der Waals surface area contributed by atoms with Crippen LogP contribution in [0.4, 0.5) is 0 Å². The minimum absolute atomic E-state index is 0. The Morgan fingerprint density at radius 2 is 1.95 bits per heavy atom. The van der Waals surface area contributed by atoms with E-state index < -0.39 is 0 Å². The maximum Gasteiger partial charge on any atom is 0.305 e. The molecule has 0 saturated carbocycles. The van der Waals surface area contributed by atoms with Crippen LogP contribution in [0.3, 0.4) is 0 Å². The van der Waals surface area contributed by atoms with E-state index in [1.807, 2.05) is 18.2 Å². The monoisotopic (exact) mass is 419 g/mol. The van der Waals surface area contributed by atoms with Gasteiger partial charge < -0.3 is 15.4 Å². The summed E-state index contributed by atoms with van der Waals surface area (Å²) >= 11 is 0. The van der Waals surface area contributed by atoms with Crippen LogP contribution in [0, 0.1) is 0 Å². The van der Waals surface area contributed by atoms with Crippen LogP contribution in [0.15, 0.2) is 35.3 Å². The lowest BCUT2D eigenvalue weighted by atomic mass is 10.1. The van der Waals surface area contributed by atoms with Crippen molar-refractivity contribution in [3.63, 3.8) is 0 Å². The Hall–Kier alpha value is -1.31. The van der Waals surface area contributed by atoms with Crippen molar-refractivity contribution in [3.8, 4) is 0 Å². The van der Waals surface area contributed by atoms with E-state index in [9.17, 15) is 4.79 Å². The third kappa shape index (κ3) is 8.21. The van der Waals surface area contributed by atoms with E-state index in [0.29, 0.717) is 6.42 Å². The molecule has 0 aliphatic carbocycles. The number of carbonyl (C=O) groups is 1. The number of aliphatic imine (C=N–C) groups is 1. The van der Waals surface area contributed by atoms with Crippen LogP contribution in [0.2, 0.25) is 0 Å². The second-order valence-corrected chi connectivity index (χ2v) is 4.81. The van der Waals surface area contributed by atoms with Crippen molar-refractivity contribution < 1.29 is 9.53 Å². The first-order chi connectivity index (χ1) is 10.2. The molecule has 0 heterocycles. The molecule has 0 radical (unpaired) electrons. The molecule has 0 aliphatic heterocycles. The minimum Gasteiger partial charge on any atom is -0.469 e. The van der Waals surface area contributed by atoms with Gasteiger partial charge in [-0.2, -0.15) is 0 Å². The van der Waals surface area contributed by atoms with E-state index in [1.165, 1.54) is 12.7 Å². The lowest BCUT2D eigenvalue weighted by molar-refractivity contribution is -0.140. The zero-order valence-corrected chi connectivity index (χ0v) is 15.8. The molecule has 1 aromatic rings. The van der Waals surface area contributed by atoms with Gasteiger partial charge in [-0.25, -0.2) is 0 Å². The van der Waals surface area contributed by atoms with Gasteiger partial charge in [0.25, 0.3) is 0 Å². The van der Waals surface area contributed by atoms with Crippen LogP contribution >= 0.6 is 24.0 Å². The number of rotatable bonds is 7. The molecule has 22 heavy (non-hydrogen) atoms. The van der Waals surface area contributed by atoms with Gasteiger partial charge in [0.15, 0.2) is 5.96 Å².